The molecular weight excluding hydrogens is 418 g/mol. The summed E-state index contributed by atoms with van der Waals surface area (Å²) in [4.78, 5) is 31.9. The maximum absolute atomic E-state index is 13.2. The van der Waals surface area contributed by atoms with Gasteiger partial charge in [0.25, 0.3) is 0 Å². The van der Waals surface area contributed by atoms with Gasteiger partial charge in [-0.05, 0) is 43.1 Å². The SMILES string of the molecule is CC(C)CNNC(=O)[C@H](CC(C)C)[C@H](C/C=C/c1ccccc1)C(=O)NOC1CCCCO1. The van der Waals surface area contributed by atoms with Crippen LogP contribution in [0.2, 0.25) is 0 Å². The predicted octanol–water partition coefficient (Wildman–Crippen LogP) is 4.22. The molecule has 3 N–H and O–H groups in total. The number of rotatable bonds is 13. The standard InChI is InChI=1S/C26H41N3O4/c1-19(2)17-23(25(30)28-27-18-20(3)4)22(14-10-13-21-11-6-5-7-12-21)26(31)29-33-24-15-8-9-16-32-24/h5-7,10-13,19-20,22-24,27H,8-9,14-18H2,1-4H3,(H,28,30)(H,29,31)/b13-10+/t22-,23+,24?/m0/s1. The average molecular weight is 460 g/mol. The van der Waals surface area contributed by atoms with E-state index in [-0.39, 0.29) is 17.7 Å². The molecule has 1 heterocycles. The Morgan fingerprint density at radius 1 is 1.06 bits per heavy atom. The van der Waals surface area contributed by atoms with Crippen LogP contribution in [0.1, 0.15) is 65.4 Å². The number of hydrazine groups is 1. The average Bonchev–Trinajstić information content (AvgIpc) is 2.80. The molecule has 2 rings (SSSR count). The summed E-state index contributed by atoms with van der Waals surface area (Å²) in [6.07, 6.45) is 7.26. The largest absolute Gasteiger partial charge is 0.350 e. The number of benzene rings is 1. The van der Waals surface area contributed by atoms with Crippen molar-refractivity contribution in [3.05, 3.63) is 42.0 Å². The molecule has 1 aliphatic heterocycles. The molecule has 1 saturated heterocycles. The van der Waals surface area contributed by atoms with E-state index in [1.165, 1.54) is 0 Å². The Labute approximate surface area is 198 Å². The maximum Gasteiger partial charge on any atom is 0.247 e. The Bertz CT molecular complexity index is 730. The van der Waals surface area contributed by atoms with Gasteiger partial charge < -0.3 is 4.74 Å². The third-order valence-corrected chi connectivity index (χ3v) is 5.54. The van der Waals surface area contributed by atoms with Crippen molar-refractivity contribution in [3.8, 4) is 0 Å². The number of amides is 2. The molecule has 1 fully saturated rings. The van der Waals surface area contributed by atoms with Crippen LogP contribution in [0.15, 0.2) is 36.4 Å². The molecule has 1 unspecified atom stereocenters. The van der Waals surface area contributed by atoms with Gasteiger partial charge in [0.1, 0.15) is 0 Å². The monoisotopic (exact) mass is 459 g/mol. The zero-order valence-electron chi connectivity index (χ0n) is 20.5. The van der Waals surface area contributed by atoms with Crippen LogP contribution in [-0.4, -0.2) is 31.3 Å². The number of allylic oxidation sites excluding steroid dienone is 1. The fraction of sp³-hybridized carbons (Fsp3) is 0.615. The van der Waals surface area contributed by atoms with E-state index >= 15 is 0 Å². The molecule has 33 heavy (non-hydrogen) atoms. The van der Waals surface area contributed by atoms with Gasteiger partial charge in [-0.15, -0.1) is 0 Å². The third kappa shape index (κ3) is 10.5. The highest BCUT2D eigenvalue weighted by Gasteiger charge is 2.34. The molecule has 2 amide bonds. The normalized spacial score (nSPS) is 18.4. The highest BCUT2D eigenvalue weighted by molar-refractivity contribution is 5.87. The van der Waals surface area contributed by atoms with E-state index in [0.717, 1.165) is 24.8 Å². The number of carbonyl (C=O) groups excluding carboxylic acids is 2. The van der Waals surface area contributed by atoms with Crippen molar-refractivity contribution in [2.45, 2.75) is 66.1 Å². The van der Waals surface area contributed by atoms with E-state index in [2.05, 4.69) is 44.0 Å². The molecule has 7 nitrogen and oxygen atoms in total. The van der Waals surface area contributed by atoms with Crippen LogP contribution in [0, 0.1) is 23.7 Å². The molecule has 1 aromatic carbocycles. The molecule has 0 spiro atoms. The number of ether oxygens (including phenoxy) is 1. The van der Waals surface area contributed by atoms with Crippen LogP contribution in [0.3, 0.4) is 0 Å². The molecule has 184 valence electrons. The molecule has 0 saturated carbocycles. The summed E-state index contributed by atoms with van der Waals surface area (Å²) >= 11 is 0. The minimum Gasteiger partial charge on any atom is -0.350 e. The topological polar surface area (TPSA) is 88.7 Å². The lowest BCUT2D eigenvalue weighted by molar-refractivity contribution is -0.203. The van der Waals surface area contributed by atoms with Crippen LogP contribution in [0.5, 0.6) is 0 Å². The van der Waals surface area contributed by atoms with Crippen LogP contribution in [0.4, 0.5) is 0 Å². The first-order valence-corrected chi connectivity index (χ1v) is 12.2. The van der Waals surface area contributed by atoms with E-state index in [9.17, 15) is 9.59 Å². The lowest BCUT2D eigenvalue weighted by atomic mass is 9.82. The molecule has 1 aliphatic rings. The summed E-state index contributed by atoms with van der Waals surface area (Å²) < 4.78 is 5.55. The number of hydroxylamine groups is 1. The van der Waals surface area contributed by atoms with E-state index in [1.54, 1.807) is 0 Å². The second-order valence-corrected chi connectivity index (χ2v) is 9.54. The molecule has 0 aromatic heterocycles. The first-order valence-electron chi connectivity index (χ1n) is 12.2. The van der Waals surface area contributed by atoms with Gasteiger partial charge in [0.15, 0.2) is 6.29 Å². The highest BCUT2D eigenvalue weighted by atomic mass is 16.8. The van der Waals surface area contributed by atoms with Gasteiger partial charge in [0.05, 0.1) is 11.8 Å². The first kappa shape index (κ1) is 27.0. The minimum atomic E-state index is -0.572. The number of carbonyl (C=O) groups is 2. The summed E-state index contributed by atoms with van der Waals surface area (Å²) in [5.74, 6) is -0.900. The second kappa shape index (κ2) is 14.8. The number of hydrogen-bond donors (Lipinski definition) is 3. The molecule has 0 aliphatic carbocycles. The Morgan fingerprint density at radius 3 is 2.45 bits per heavy atom. The third-order valence-electron chi connectivity index (χ3n) is 5.54. The van der Waals surface area contributed by atoms with E-state index in [1.807, 2.05) is 42.5 Å². The van der Waals surface area contributed by atoms with Gasteiger partial charge in [-0.3, -0.25) is 15.0 Å². The van der Waals surface area contributed by atoms with Crippen LogP contribution in [-0.2, 0) is 19.2 Å². The predicted molar refractivity (Wildman–Crippen MR) is 130 cm³/mol. The van der Waals surface area contributed by atoms with Gasteiger partial charge >= 0.3 is 0 Å². The Kier molecular flexibility index (Phi) is 12.1. The van der Waals surface area contributed by atoms with Gasteiger partial charge in [0.2, 0.25) is 11.8 Å². The van der Waals surface area contributed by atoms with Crippen molar-refractivity contribution in [1.29, 1.82) is 0 Å². The molecule has 7 heteroatoms. The number of nitrogens with one attached hydrogen (secondary N) is 3. The Morgan fingerprint density at radius 2 is 1.82 bits per heavy atom. The van der Waals surface area contributed by atoms with E-state index in [4.69, 9.17) is 9.57 Å². The molecule has 3 atom stereocenters. The van der Waals surface area contributed by atoms with Crippen molar-refractivity contribution >= 4 is 17.9 Å². The molecule has 0 radical (unpaired) electrons. The van der Waals surface area contributed by atoms with Crippen molar-refractivity contribution in [3.63, 3.8) is 0 Å². The summed E-state index contributed by atoms with van der Waals surface area (Å²) in [6.45, 7) is 9.54. The lowest BCUT2D eigenvalue weighted by Gasteiger charge is -2.28. The zero-order chi connectivity index (χ0) is 24.1. The van der Waals surface area contributed by atoms with Crippen molar-refractivity contribution in [1.82, 2.24) is 16.3 Å². The van der Waals surface area contributed by atoms with Crippen molar-refractivity contribution in [2.75, 3.05) is 13.2 Å². The molecular formula is C26H41N3O4. The van der Waals surface area contributed by atoms with Crippen LogP contribution < -0.4 is 16.3 Å². The highest BCUT2D eigenvalue weighted by Crippen LogP contribution is 2.26. The summed E-state index contributed by atoms with van der Waals surface area (Å²) in [7, 11) is 0. The van der Waals surface area contributed by atoms with Crippen molar-refractivity contribution < 1.29 is 19.2 Å². The fourth-order valence-corrected chi connectivity index (χ4v) is 3.77. The van der Waals surface area contributed by atoms with Gasteiger partial charge in [-0.1, -0.05) is 70.2 Å². The summed E-state index contributed by atoms with van der Waals surface area (Å²) in [6, 6.07) is 9.91. The van der Waals surface area contributed by atoms with Gasteiger partial charge in [0, 0.05) is 19.6 Å². The van der Waals surface area contributed by atoms with Gasteiger partial charge in [-0.2, -0.15) is 0 Å². The van der Waals surface area contributed by atoms with E-state index < -0.39 is 18.1 Å². The second-order valence-electron chi connectivity index (χ2n) is 9.54. The van der Waals surface area contributed by atoms with Gasteiger partial charge in [-0.25, -0.2) is 15.7 Å². The summed E-state index contributed by atoms with van der Waals surface area (Å²) in [5.41, 5.74) is 9.44. The smallest absolute Gasteiger partial charge is 0.247 e. The van der Waals surface area contributed by atoms with Crippen LogP contribution >= 0.6 is 0 Å². The quantitative estimate of drug-likeness (QED) is 0.384. The minimum absolute atomic E-state index is 0.175. The van der Waals surface area contributed by atoms with Crippen molar-refractivity contribution in [2.24, 2.45) is 23.7 Å². The molecule has 0 bridgehead atoms. The van der Waals surface area contributed by atoms with E-state index in [0.29, 0.717) is 31.9 Å². The molecule has 1 aromatic rings. The lowest BCUT2D eigenvalue weighted by Crippen LogP contribution is -2.48. The number of hydrogen-bond acceptors (Lipinski definition) is 5. The summed E-state index contributed by atoms with van der Waals surface area (Å²) in [5, 5.41) is 0. The fourth-order valence-electron chi connectivity index (χ4n) is 3.77. The maximum atomic E-state index is 13.2. The van der Waals surface area contributed by atoms with Crippen LogP contribution in [0.25, 0.3) is 6.08 Å². The Balaban J connectivity index is 2.12. The Hall–Kier alpha value is -2.22. The first-order chi connectivity index (χ1) is 15.9. The zero-order valence-corrected chi connectivity index (χ0v) is 20.5.